The Morgan fingerprint density at radius 2 is 1.74 bits per heavy atom. The average Bonchev–Trinajstić information content (AvgIpc) is 2.50. The van der Waals surface area contributed by atoms with Crippen LogP contribution in [0.1, 0.15) is 38.2 Å². The summed E-state index contributed by atoms with van der Waals surface area (Å²) >= 11 is 0. The maximum atomic E-state index is 12.5. The lowest BCUT2D eigenvalue weighted by Crippen LogP contribution is -2.36. The number of aliphatic carboxylic acids is 1. The van der Waals surface area contributed by atoms with E-state index in [-0.39, 0.29) is 11.8 Å². The standard InChI is InChI=1S/C17H22N2O4/c1-10-7-8-12(18-11(2)20)9-15(10)19-16(21)13-5-3-4-6-14(13)17(22)23/h7-9,13-14H,3-6H2,1-2H3,(H,18,20)(H,19,21)(H,22,23). The number of nitrogens with one attached hydrogen (secondary N) is 2. The van der Waals surface area contributed by atoms with E-state index in [0.29, 0.717) is 24.2 Å². The lowest BCUT2D eigenvalue weighted by molar-refractivity contribution is -0.147. The highest BCUT2D eigenvalue weighted by molar-refractivity contribution is 5.97. The highest BCUT2D eigenvalue weighted by Gasteiger charge is 2.35. The first-order valence-corrected chi connectivity index (χ1v) is 7.80. The van der Waals surface area contributed by atoms with Crippen molar-refractivity contribution < 1.29 is 19.5 Å². The third-order valence-corrected chi connectivity index (χ3v) is 4.24. The van der Waals surface area contributed by atoms with Crippen LogP contribution in [0.2, 0.25) is 0 Å². The van der Waals surface area contributed by atoms with Crippen molar-refractivity contribution in [3.8, 4) is 0 Å². The molecule has 0 saturated heterocycles. The van der Waals surface area contributed by atoms with Gasteiger partial charge in [-0.05, 0) is 37.5 Å². The minimum atomic E-state index is -0.909. The molecule has 0 radical (unpaired) electrons. The van der Waals surface area contributed by atoms with Crippen molar-refractivity contribution >= 4 is 29.2 Å². The van der Waals surface area contributed by atoms with Gasteiger partial charge in [-0.1, -0.05) is 18.9 Å². The van der Waals surface area contributed by atoms with Gasteiger partial charge >= 0.3 is 5.97 Å². The SMILES string of the molecule is CC(=O)Nc1ccc(C)c(NC(=O)C2CCCCC2C(=O)O)c1. The molecule has 1 aliphatic carbocycles. The summed E-state index contributed by atoms with van der Waals surface area (Å²) in [5.74, 6) is -2.49. The van der Waals surface area contributed by atoms with Crippen molar-refractivity contribution in [1.82, 2.24) is 0 Å². The van der Waals surface area contributed by atoms with Gasteiger partial charge in [0, 0.05) is 18.3 Å². The van der Waals surface area contributed by atoms with E-state index in [2.05, 4.69) is 10.6 Å². The summed E-state index contributed by atoms with van der Waals surface area (Å²) in [4.78, 5) is 35.0. The van der Waals surface area contributed by atoms with E-state index in [4.69, 9.17) is 0 Å². The molecule has 1 fully saturated rings. The van der Waals surface area contributed by atoms with E-state index in [0.717, 1.165) is 18.4 Å². The van der Waals surface area contributed by atoms with Gasteiger partial charge in [0.1, 0.15) is 0 Å². The Hall–Kier alpha value is -2.37. The smallest absolute Gasteiger partial charge is 0.307 e. The second kappa shape index (κ2) is 7.26. The van der Waals surface area contributed by atoms with Gasteiger partial charge in [-0.2, -0.15) is 0 Å². The van der Waals surface area contributed by atoms with Crippen molar-refractivity contribution in [2.75, 3.05) is 10.6 Å². The summed E-state index contributed by atoms with van der Waals surface area (Å²) in [7, 11) is 0. The van der Waals surface area contributed by atoms with Crippen LogP contribution in [0, 0.1) is 18.8 Å². The number of aryl methyl sites for hydroxylation is 1. The van der Waals surface area contributed by atoms with Crippen molar-refractivity contribution in [3.63, 3.8) is 0 Å². The van der Waals surface area contributed by atoms with Crippen LogP contribution >= 0.6 is 0 Å². The minimum absolute atomic E-state index is 0.190. The monoisotopic (exact) mass is 318 g/mol. The fourth-order valence-electron chi connectivity index (χ4n) is 3.00. The molecule has 6 heteroatoms. The molecule has 0 spiro atoms. The molecule has 23 heavy (non-hydrogen) atoms. The van der Waals surface area contributed by atoms with Gasteiger partial charge in [0.05, 0.1) is 11.8 Å². The normalized spacial score (nSPS) is 20.6. The maximum absolute atomic E-state index is 12.5. The molecule has 1 aromatic rings. The van der Waals surface area contributed by atoms with Crippen LogP contribution in [0.4, 0.5) is 11.4 Å². The zero-order chi connectivity index (χ0) is 17.0. The molecule has 2 atom stereocenters. The summed E-state index contributed by atoms with van der Waals surface area (Å²) in [6.07, 6.45) is 2.84. The summed E-state index contributed by atoms with van der Waals surface area (Å²) < 4.78 is 0. The Labute approximate surface area is 135 Å². The Balaban J connectivity index is 2.15. The first-order valence-electron chi connectivity index (χ1n) is 7.80. The predicted molar refractivity (Wildman–Crippen MR) is 87.2 cm³/mol. The largest absolute Gasteiger partial charge is 0.481 e. The lowest BCUT2D eigenvalue weighted by atomic mass is 9.78. The van der Waals surface area contributed by atoms with Gasteiger partial charge in [-0.25, -0.2) is 0 Å². The number of hydrogen-bond donors (Lipinski definition) is 3. The lowest BCUT2D eigenvalue weighted by Gasteiger charge is -2.27. The Bertz CT molecular complexity index is 627. The van der Waals surface area contributed by atoms with Gasteiger partial charge < -0.3 is 15.7 Å². The molecule has 2 amide bonds. The fraction of sp³-hybridized carbons (Fsp3) is 0.471. The van der Waals surface area contributed by atoms with E-state index in [9.17, 15) is 19.5 Å². The van der Waals surface area contributed by atoms with Crippen molar-refractivity contribution in [2.24, 2.45) is 11.8 Å². The Morgan fingerprint density at radius 3 is 2.35 bits per heavy atom. The highest BCUT2D eigenvalue weighted by atomic mass is 16.4. The second-order valence-corrected chi connectivity index (χ2v) is 6.04. The summed E-state index contributed by atoms with van der Waals surface area (Å²) in [5, 5.41) is 14.8. The van der Waals surface area contributed by atoms with Gasteiger partial charge in [0.15, 0.2) is 0 Å². The van der Waals surface area contributed by atoms with Crippen LogP contribution in [-0.2, 0) is 14.4 Å². The van der Waals surface area contributed by atoms with Gasteiger partial charge in [-0.15, -0.1) is 0 Å². The second-order valence-electron chi connectivity index (χ2n) is 6.04. The molecule has 0 bridgehead atoms. The third-order valence-electron chi connectivity index (χ3n) is 4.24. The molecule has 0 aromatic heterocycles. The van der Waals surface area contributed by atoms with Crippen LogP contribution in [0.15, 0.2) is 18.2 Å². The molecule has 2 rings (SSSR count). The zero-order valence-corrected chi connectivity index (χ0v) is 13.4. The third kappa shape index (κ3) is 4.31. The summed E-state index contributed by atoms with van der Waals surface area (Å²) in [6, 6.07) is 5.25. The Morgan fingerprint density at radius 1 is 1.09 bits per heavy atom. The quantitative estimate of drug-likeness (QED) is 0.795. The number of hydrogen-bond acceptors (Lipinski definition) is 3. The average molecular weight is 318 g/mol. The maximum Gasteiger partial charge on any atom is 0.307 e. The number of amides is 2. The van der Waals surface area contributed by atoms with E-state index >= 15 is 0 Å². The molecule has 3 N–H and O–H groups in total. The molecular weight excluding hydrogens is 296 g/mol. The first kappa shape index (κ1) is 17.0. The number of carboxylic acids is 1. The number of rotatable bonds is 4. The first-order chi connectivity index (χ1) is 10.9. The summed E-state index contributed by atoms with van der Waals surface area (Å²) in [6.45, 7) is 3.26. The van der Waals surface area contributed by atoms with Crippen LogP contribution in [-0.4, -0.2) is 22.9 Å². The van der Waals surface area contributed by atoms with E-state index in [1.54, 1.807) is 18.2 Å². The van der Waals surface area contributed by atoms with Crippen molar-refractivity contribution in [2.45, 2.75) is 39.5 Å². The molecule has 6 nitrogen and oxygen atoms in total. The number of benzene rings is 1. The fourth-order valence-corrected chi connectivity index (χ4v) is 3.00. The van der Waals surface area contributed by atoms with Gasteiger partial charge in [0.25, 0.3) is 0 Å². The molecule has 1 aliphatic rings. The van der Waals surface area contributed by atoms with Crippen LogP contribution < -0.4 is 10.6 Å². The van der Waals surface area contributed by atoms with Crippen LogP contribution in [0.3, 0.4) is 0 Å². The van der Waals surface area contributed by atoms with E-state index in [1.165, 1.54) is 6.92 Å². The minimum Gasteiger partial charge on any atom is -0.481 e. The van der Waals surface area contributed by atoms with Crippen LogP contribution in [0.25, 0.3) is 0 Å². The van der Waals surface area contributed by atoms with Gasteiger partial charge in [0.2, 0.25) is 11.8 Å². The molecule has 2 unspecified atom stereocenters. The highest BCUT2D eigenvalue weighted by Crippen LogP contribution is 2.32. The number of carboxylic acid groups (broad SMARTS) is 1. The number of carbonyl (C=O) groups excluding carboxylic acids is 2. The molecule has 0 heterocycles. The van der Waals surface area contributed by atoms with E-state index < -0.39 is 17.8 Å². The summed E-state index contributed by atoms with van der Waals surface area (Å²) in [5.41, 5.74) is 2.04. The molecule has 1 aromatic carbocycles. The number of carbonyl (C=O) groups is 3. The topological polar surface area (TPSA) is 95.5 Å². The predicted octanol–water partition coefficient (Wildman–Crippen LogP) is 2.78. The number of anilines is 2. The molecule has 1 saturated carbocycles. The molecular formula is C17H22N2O4. The molecule has 124 valence electrons. The van der Waals surface area contributed by atoms with Crippen LogP contribution in [0.5, 0.6) is 0 Å². The van der Waals surface area contributed by atoms with Gasteiger partial charge in [-0.3, -0.25) is 14.4 Å². The van der Waals surface area contributed by atoms with Crippen molar-refractivity contribution in [1.29, 1.82) is 0 Å². The van der Waals surface area contributed by atoms with E-state index in [1.807, 2.05) is 6.92 Å². The van der Waals surface area contributed by atoms with Crippen molar-refractivity contribution in [3.05, 3.63) is 23.8 Å². The molecule has 0 aliphatic heterocycles. The Kier molecular flexibility index (Phi) is 5.36. The zero-order valence-electron chi connectivity index (χ0n) is 13.4.